The molecule has 0 aromatic rings. The minimum atomic E-state index is 0.915. The molecular formula is C8H12N2. The maximum atomic E-state index is 4.30. The van der Waals surface area contributed by atoms with Gasteiger partial charge in [-0.2, -0.15) is 0 Å². The Morgan fingerprint density at radius 1 is 1.70 bits per heavy atom. The van der Waals surface area contributed by atoms with Crippen molar-refractivity contribution in [3.63, 3.8) is 0 Å². The average molecular weight is 136 g/mol. The van der Waals surface area contributed by atoms with E-state index >= 15 is 0 Å². The largest absolute Gasteiger partial charge is 0.294 e. The van der Waals surface area contributed by atoms with E-state index in [1.165, 1.54) is 5.57 Å². The molecule has 0 aromatic carbocycles. The summed E-state index contributed by atoms with van der Waals surface area (Å²) in [6, 6.07) is 0. The second-order valence-electron chi connectivity index (χ2n) is 2.33. The van der Waals surface area contributed by atoms with Crippen LogP contribution in [0.3, 0.4) is 0 Å². The van der Waals surface area contributed by atoms with Gasteiger partial charge in [-0.1, -0.05) is 6.08 Å². The van der Waals surface area contributed by atoms with Crippen LogP contribution in [0.1, 0.15) is 13.3 Å². The van der Waals surface area contributed by atoms with Crippen LogP contribution in [0.5, 0.6) is 0 Å². The Morgan fingerprint density at radius 3 is 3.10 bits per heavy atom. The monoisotopic (exact) mass is 136 g/mol. The van der Waals surface area contributed by atoms with Crippen LogP contribution in [-0.4, -0.2) is 25.5 Å². The molecule has 0 unspecified atom stereocenters. The fraction of sp³-hybridized carbons (Fsp3) is 0.500. The van der Waals surface area contributed by atoms with E-state index in [0.29, 0.717) is 0 Å². The first-order valence-electron chi connectivity index (χ1n) is 3.48. The quantitative estimate of drug-likeness (QED) is 0.488. The van der Waals surface area contributed by atoms with Crippen molar-refractivity contribution < 1.29 is 0 Å². The van der Waals surface area contributed by atoms with Crippen molar-refractivity contribution in [2.75, 3.05) is 13.6 Å². The third-order valence-electron chi connectivity index (χ3n) is 1.52. The lowest BCUT2D eigenvalue weighted by Gasteiger charge is -2.05. The highest BCUT2D eigenvalue weighted by Gasteiger charge is 2.01. The molecule has 0 fully saturated rings. The summed E-state index contributed by atoms with van der Waals surface area (Å²) in [6.07, 6.45) is 5.09. The summed E-state index contributed by atoms with van der Waals surface area (Å²) >= 11 is 0. The minimum Gasteiger partial charge on any atom is -0.294 e. The number of nitrogens with zero attached hydrogens (tertiary/aromatic N) is 2. The van der Waals surface area contributed by atoms with Gasteiger partial charge in [-0.25, -0.2) is 0 Å². The van der Waals surface area contributed by atoms with Crippen LogP contribution < -0.4 is 0 Å². The van der Waals surface area contributed by atoms with Crippen LogP contribution in [0.15, 0.2) is 21.6 Å². The number of dihydropyridines is 1. The molecule has 2 nitrogen and oxygen atoms in total. The number of hydrogen-bond acceptors (Lipinski definition) is 2. The van der Waals surface area contributed by atoms with Crippen LogP contribution in [0, 0.1) is 0 Å². The lowest BCUT2D eigenvalue weighted by atomic mass is 10.1. The van der Waals surface area contributed by atoms with Gasteiger partial charge in [-0.05, 0) is 18.9 Å². The van der Waals surface area contributed by atoms with Gasteiger partial charge in [0.25, 0.3) is 0 Å². The summed E-state index contributed by atoms with van der Waals surface area (Å²) in [4.78, 5) is 8.21. The molecule has 1 heterocycles. The lowest BCUT2D eigenvalue weighted by molar-refractivity contribution is 0.984. The fourth-order valence-electron chi connectivity index (χ4n) is 0.960. The Balaban J connectivity index is 2.74. The standard InChI is InChI=1S/C8H12N2/c1-7-4-3-5-10-8(7)6-9-2/h4,6H,3,5H2,1-2H3/b9-6-. The average Bonchev–Trinajstić information content (AvgIpc) is 1.94. The molecule has 1 rings (SSSR count). The first-order chi connectivity index (χ1) is 4.84. The summed E-state index contributed by atoms with van der Waals surface area (Å²) < 4.78 is 0. The molecule has 1 aliphatic rings. The normalized spacial score (nSPS) is 19.0. The maximum Gasteiger partial charge on any atom is 0.0778 e. The van der Waals surface area contributed by atoms with Crippen molar-refractivity contribution >= 4 is 11.9 Å². The van der Waals surface area contributed by atoms with E-state index in [2.05, 4.69) is 23.0 Å². The van der Waals surface area contributed by atoms with Crippen LogP contribution >= 0.6 is 0 Å². The summed E-state index contributed by atoms with van der Waals surface area (Å²) in [5.74, 6) is 0. The lowest BCUT2D eigenvalue weighted by Crippen LogP contribution is -2.07. The fourth-order valence-corrected chi connectivity index (χ4v) is 0.960. The van der Waals surface area contributed by atoms with Gasteiger partial charge in [0.05, 0.1) is 5.71 Å². The second-order valence-corrected chi connectivity index (χ2v) is 2.33. The molecule has 10 heavy (non-hydrogen) atoms. The SMILES string of the molecule is C/N=C\C1=NCCC=C1C. The van der Waals surface area contributed by atoms with E-state index in [0.717, 1.165) is 18.7 Å². The molecule has 0 amide bonds. The molecule has 0 spiro atoms. The molecule has 1 aliphatic heterocycles. The van der Waals surface area contributed by atoms with Crippen LogP contribution in [0.4, 0.5) is 0 Å². The van der Waals surface area contributed by atoms with Gasteiger partial charge >= 0.3 is 0 Å². The summed E-state index contributed by atoms with van der Waals surface area (Å²) in [6.45, 7) is 2.98. The van der Waals surface area contributed by atoms with Gasteiger partial charge in [0.15, 0.2) is 0 Å². The smallest absolute Gasteiger partial charge is 0.0778 e. The van der Waals surface area contributed by atoms with Crippen molar-refractivity contribution in [3.05, 3.63) is 11.6 Å². The van der Waals surface area contributed by atoms with E-state index in [1.54, 1.807) is 7.05 Å². The highest BCUT2D eigenvalue weighted by Crippen LogP contribution is 2.04. The number of rotatable bonds is 1. The van der Waals surface area contributed by atoms with Crippen molar-refractivity contribution in [3.8, 4) is 0 Å². The van der Waals surface area contributed by atoms with Gasteiger partial charge in [0.1, 0.15) is 0 Å². The van der Waals surface area contributed by atoms with E-state index in [9.17, 15) is 0 Å². The Labute approximate surface area is 61.4 Å². The summed E-state index contributed by atoms with van der Waals surface area (Å²) in [7, 11) is 1.77. The molecule has 0 bridgehead atoms. The Bertz CT molecular complexity index is 199. The molecule has 0 saturated heterocycles. The van der Waals surface area contributed by atoms with Gasteiger partial charge < -0.3 is 0 Å². The Kier molecular flexibility index (Phi) is 2.37. The highest BCUT2D eigenvalue weighted by atomic mass is 14.8. The third-order valence-corrected chi connectivity index (χ3v) is 1.52. The number of hydrogen-bond donors (Lipinski definition) is 0. The number of aliphatic imine (C=N–C) groups is 2. The van der Waals surface area contributed by atoms with Crippen molar-refractivity contribution in [2.45, 2.75) is 13.3 Å². The maximum absolute atomic E-state index is 4.30. The molecule has 0 atom stereocenters. The molecule has 0 saturated carbocycles. The zero-order valence-corrected chi connectivity index (χ0v) is 6.46. The molecule has 0 aromatic heterocycles. The molecule has 2 heteroatoms. The predicted molar refractivity (Wildman–Crippen MR) is 45.1 cm³/mol. The second kappa shape index (κ2) is 3.30. The highest BCUT2D eigenvalue weighted by molar-refractivity contribution is 6.38. The number of allylic oxidation sites excluding steroid dienone is 1. The molecule has 0 aliphatic carbocycles. The van der Waals surface area contributed by atoms with Crippen LogP contribution in [-0.2, 0) is 0 Å². The zero-order valence-electron chi connectivity index (χ0n) is 6.46. The predicted octanol–water partition coefficient (Wildman–Crippen LogP) is 1.48. The summed E-state index contributed by atoms with van der Waals surface area (Å²) in [5.41, 5.74) is 2.28. The Morgan fingerprint density at radius 2 is 2.50 bits per heavy atom. The molecule has 54 valence electrons. The van der Waals surface area contributed by atoms with Crippen LogP contribution in [0.25, 0.3) is 0 Å². The van der Waals surface area contributed by atoms with Crippen LogP contribution in [0.2, 0.25) is 0 Å². The topological polar surface area (TPSA) is 24.7 Å². The molecule has 0 N–H and O–H groups in total. The minimum absolute atomic E-state index is 0.915. The Hall–Kier alpha value is -0.920. The molecular weight excluding hydrogens is 124 g/mol. The van der Waals surface area contributed by atoms with E-state index in [-0.39, 0.29) is 0 Å². The molecule has 0 radical (unpaired) electrons. The first kappa shape index (κ1) is 7.19. The van der Waals surface area contributed by atoms with Crippen molar-refractivity contribution in [1.82, 2.24) is 0 Å². The van der Waals surface area contributed by atoms with Gasteiger partial charge in [0, 0.05) is 19.8 Å². The van der Waals surface area contributed by atoms with E-state index in [4.69, 9.17) is 0 Å². The van der Waals surface area contributed by atoms with Crippen molar-refractivity contribution in [2.24, 2.45) is 9.98 Å². The first-order valence-corrected chi connectivity index (χ1v) is 3.48. The zero-order chi connectivity index (χ0) is 7.40. The van der Waals surface area contributed by atoms with E-state index < -0.39 is 0 Å². The van der Waals surface area contributed by atoms with Gasteiger partial charge in [0.2, 0.25) is 0 Å². The van der Waals surface area contributed by atoms with Gasteiger partial charge in [-0.3, -0.25) is 9.98 Å². The van der Waals surface area contributed by atoms with Gasteiger partial charge in [-0.15, -0.1) is 0 Å². The summed E-state index contributed by atoms with van der Waals surface area (Å²) in [5, 5.41) is 0. The van der Waals surface area contributed by atoms with E-state index in [1.807, 2.05) is 6.21 Å². The third kappa shape index (κ3) is 1.53. The van der Waals surface area contributed by atoms with Crippen molar-refractivity contribution in [1.29, 1.82) is 0 Å².